The molecule has 2 aromatic carbocycles. The number of thiazole rings is 1. The summed E-state index contributed by atoms with van der Waals surface area (Å²) in [4.78, 5) is 17.6. The lowest BCUT2D eigenvalue weighted by atomic mass is 10.2. The Kier molecular flexibility index (Phi) is 3.99. The summed E-state index contributed by atoms with van der Waals surface area (Å²) in [5.41, 5.74) is 1.46. The number of aromatic nitrogens is 3. The molecule has 7 heteroatoms. The molecule has 2 aromatic heterocycles. The van der Waals surface area contributed by atoms with Gasteiger partial charge in [0.2, 0.25) is 4.96 Å². The van der Waals surface area contributed by atoms with Crippen molar-refractivity contribution in [3.8, 4) is 17.1 Å². The number of fused-ring (bicyclic) bond motifs is 1. The van der Waals surface area contributed by atoms with Crippen molar-refractivity contribution in [1.82, 2.24) is 14.6 Å². The first-order valence-corrected chi connectivity index (χ1v) is 8.65. The van der Waals surface area contributed by atoms with Crippen LogP contribution in [0.5, 0.6) is 5.75 Å². The van der Waals surface area contributed by atoms with E-state index in [2.05, 4.69) is 10.1 Å². The largest absolute Gasteiger partial charge is 0.496 e. The smallest absolute Gasteiger partial charge is 0.291 e. The topological polar surface area (TPSA) is 56.5 Å². The molecule has 0 spiro atoms. The van der Waals surface area contributed by atoms with Crippen LogP contribution < -0.4 is 14.8 Å². The normalized spacial score (nSPS) is 12.0. The quantitative estimate of drug-likeness (QED) is 0.557. The third-order valence-electron chi connectivity index (χ3n) is 3.70. The highest BCUT2D eigenvalue weighted by atomic mass is 35.5. The number of methoxy groups -OCH3 is 1. The Balaban J connectivity index is 1.82. The second-order valence-corrected chi connectivity index (χ2v) is 6.74. The highest BCUT2D eigenvalue weighted by molar-refractivity contribution is 7.15. The number of ether oxygens (including phenoxy) is 1. The molecule has 0 radical (unpaired) electrons. The van der Waals surface area contributed by atoms with Crippen LogP contribution in [0.2, 0.25) is 5.02 Å². The molecule has 124 valence electrons. The first-order valence-electron chi connectivity index (χ1n) is 7.46. The van der Waals surface area contributed by atoms with E-state index in [4.69, 9.17) is 16.3 Å². The Labute approximate surface area is 151 Å². The number of hydrogen-bond acceptors (Lipinski definition) is 5. The van der Waals surface area contributed by atoms with Gasteiger partial charge >= 0.3 is 0 Å². The number of halogens is 1. The molecule has 0 aliphatic rings. The van der Waals surface area contributed by atoms with E-state index < -0.39 is 0 Å². The maximum absolute atomic E-state index is 12.6. The van der Waals surface area contributed by atoms with Crippen LogP contribution in [-0.4, -0.2) is 21.7 Å². The minimum Gasteiger partial charge on any atom is -0.496 e. The van der Waals surface area contributed by atoms with Crippen LogP contribution in [0.4, 0.5) is 0 Å². The average molecular weight is 370 g/mol. The first kappa shape index (κ1) is 15.8. The van der Waals surface area contributed by atoms with Crippen molar-refractivity contribution >= 4 is 34.0 Å². The van der Waals surface area contributed by atoms with E-state index in [1.165, 1.54) is 15.9 Å². The Morgan fingerprint density at radius 3 is 2.64 bits per heavy atom. The molecule has 0 aliphatic carbocycles. The third-order valence-corrected chi connectivity index (χ3v) is 4.91. The maximum atomic E-state index is 12.6. The van der Waals surface area contributed by atoms with Crippen molar-refractivity contribution in [2.75, 3.05) is 7.11 Å². The molecule has 4 rings (SSSR count). The van der Waals surface area contributed by atoms with Crippen LogP contribution in [0.25, 0.3) is 22.4 Å². The van der Waals surface area contributed by atoms with E-state index in [9.17, 15) is 4.79 Å². The summed E-state index contributed by atoms with van der Waals surface area (Å²) in [6.45, 7) is 0. The Morgan fingerprint density at radius 1 is 1.16 bits per heavy atom. The van der Waals surface area contributed by atoms with Gasteiger partial charge < -0.3 is 4.74 Å². The van der Waals surface area contributed by atoms with Crippen LogP contribution in [0.3, 0.4) is 0 Å². The molecule has 0 unspecified atom stereocenters. The predicted molar refractivity (Wildman–Crippen MR) is 99.4 cm³/mol. The maximum Gasteiger partial charge on any atom is 0.291 e. The average Bonchev–Trinajstić information content (AvgIpc) is 3.17. The minimum atomic E-state index is -0.191. The Bertz CT molecular complexity index is 1170. The lowest BCUT2D eigenvalue weighted by Gasteiger charge is -2.03. The second-order valence-electron chi connectivity index (χ2n) is 5.30. The minimum absolute atomic E-state index is 0.191. The number of nitrogens with zero attached hydrogens (tertiary/aromatic N) is 3. The summed E-state index contributed by atoms with van der Waals surface area (Å²) in [7, 11) is 1.59. The van der Waals surface area contributed by atoms with Crippen molar-refractivity contribution in [1.29, 1.82) is 0 Å². The number of rotatable bonds is 3. The zero-order chi connectivity index (χ0) is 17.4. The van der Waals surface area contributed by atoms with E-state index in [1.807, 2.05) is 42.5 Å². The number of para-hydroxylation sites is 1. The van der Waals surface area contributed by atoms with E-state index in [0.717, 1.165) is 11.1 Å². The molecule has 25 heavy (non-hydrogen) atoms. The zero-order valence-corrected chi connectivity index (χ0v) is 14.7. The molecule has 4 aromatic rings. The van der Waals surface area contributed by atoms with E-state index in [1.54, 1.807) is 19.2 Å². The van der Waals surface area contributed by atoms with Gasteiger partial charge in [-0.3, -0.25) is 4.79 Å². The van der Waals surface area contributed by atoms with Gasteiger partial charge in [-0.15, -0.1) is 5.10 Å². The van der Waals surface area contributed by atoms with Crippen molar-refractivity contribution in [3.63, 3.8) is 0 Å². The number of benzene rings is 2. The lowest BCUT2D eigenvalue weighted by molar-refractivity contribution is 0.416. The van der Waals surface area contributed by atoms with Crippen molar-refractivity contribution in [2.45, 2.75) is 0 Å². The summed E-state index contributed by atoms with van der Waals surface area (Å²) in [6, 6.07) is 14.7. The summed E-state index contributed by atoms with van der Waals surface area (Å²) in [6.07, 6.45) is 1.81. The first-order chi connectivity index (χ1) is 12.2. The molecule has 2 heterocycles. The molecular formula is C18H12ClN3O2S. The number of hydrogen-bond donors (Lipinski definition) is 0. The molecule has 0 amide bonds. The van der Waals surface area contributed by atoms with Crippen LogP contribution >= 0.6 is 22.9 Å². The summed E-state index contributed by atoms with van der Waals surface area (Å²) in [5.74, 6) is 1.14. The molecule has 0 aliphatic heterocycles. The van der Waals surface area contributed by atoms with Crippen molar-refractivity contribution in [3.05, 3.63) is 74.0 Å². The fraction of sp³-hybridized carbons (Fsp3) is 0.0556. The van der Waals surface area contributed by atoms with Gasteiger partial charge in [-0.2, -0.15) is 9.50 Å². The Hall–Kier alpha value is -2.70. The summed E-state index contributed by atoms with van der Waals surface area (Å²) < 4.78 is 7.23. The van der Waals surface area contributed by atoms with E-state index in [0.29, 0.717) is 26.1 Å². The fourth-order valence-corrected chi connectivity index (χ4v) is 3.52. The predicted octanol–water partition coefficient (Wildman–Crippen LogP) is 3.03. The van der Waals surface area contributed by atoms with Crippen LogP contribution in [-0.2, 0) is 0 Å². The molecule has 0 atom stereocenters. The molecule has 0 saturated carbocycles. The molecule has 0 bridgehead atoms. The molecule has 5 nitrogen and oxygen atoms in total. The third kappa shape index (κ3) is 2.90. The van der Waals surface area contributed by atoms with Crippen LogP contribution in [0.15, 0.2) is 53.3 Å². The SMILES string of the molecule is COc1ccccc1-c1nc2sc(=Cc3ccc(Cl)cc3)c(=O)n2n1. The van der Waals surface area contributed by atoms with Gasteiger partial charge in [-0.1, -0.05) is 47.2 Å². The highest BCUT2D eigenvalue weighted by Gasteiger charge is 2.14. The van der Waals surface area contributed by atoms with Crippen LogP contribution in [0.1, 0.15) is 5.56 Å². The van der Waals surface area contributed by atoms with Crippen LogP contribution in [0, 0.1) is 0 Å². The summed E-state index contributed by atoms with van der Waals surface area (Å²) >= 11 is 7.19. The van der Waals surface area contributed by atoms with E-state index >= 15 is 0 Å². The van der Waals surface area contributed by atoms with Gasteiger partial charge in [-0.05, 0) is 35.9 Å². The summed E-state index contributed by atoms with van der Waals surface area (Å²) in [5, 5.41) is 5.01. The van der Waals surface area contributed by atoms with Gasteiger partial charge in [0.25, 0.3) is 5.56 Å². The standard InChI is InChI=1S/C18H12ClN3O2S/c1-24-14-5-3-2-4-13(14)16-20-18-22(21-16)17(23)15(25-18)10-11-6-8-12(19)9-7-11/h2-10H,1H3. The lowest BCUT2D eigenvalue weighted by Crippen LogP contribution is -2.23. The van der Waals surface area contributed by atoms with Gasteiger partial charge in [0.1, 0.15) is 5.75 Å². The monoisotopic (exact) mass is 369 g/mol. The fourth-order valence-electron chi connectivity index (χ4n) is 2.49. The molecular weight excluding hydrogens is 358 g/mol. The van der Waals surface area contributed by atoms with Gasteiger partial charge in [-0.25, -0.2) is 0 Å². The van der Waals surface area contributed by atoms with E-state index in [-0.39, 0.29) is 5.56 Å². The zero-order valence-electron chi connectivity index (χ0n) is 13.1. The molecule has 0 N–H and O–H groups in total. The second kappa shape index (κ2) is 6.31. The van der Waals surface area contributed by atoms with Gasteiger partial charge in [0, 0.05) is 5.02 Å². The molecule has 0 fully saturated rings. The molecule has 0 saturated heterocycles. The van der Waals surface area contributed by atoms with Crippen molar-refractivity contribution < 1.29 is 4.74 Å². The highest BCUT2D eigenvalue weighted by Crippen LogP contribution is 2.27. The van der Waals surface area contributed by atoms with Crippen molar-refractivity contribution in [2.24, 2.45) is 0 Å². The van der Waals surface area contributed by atoms with Gasteiger partial charge in [0.05, 0.1) is 17.2 Å². The van der Waals surface area contributed by atoms with Gasteiger partial charge in [0.15, 0.2) is 5.82 Å². The Morgan fingerprint density at radius 2 is 1.92 bits per heavy atom.